The normalized spacial score (nSPS) is 11.2. The third kappa shape index (κ3) is 1.93. The lowest BCUT2D eigenvalue weighted by molar-refractivity contribution is 0.187. The van der Waals surface area contributed by atoms with Crippen LogP contribution in [0.3, 0.4) is 0 Å². The average molecular weight is 270 g/mol. The van der Waals surface area contributed by atoms with Gasteiger partial charge < -0.3 is 14.3 Å². The Hall–Kier alpha value is -1.67. The summed E-state index contributed by atoms with van der Waals surface area (Å²) in [5, 5.41) is 0. The van der Waals surface area contributed by atoms with Gasteiger partial charge in [0.25, 0.3) is 5.56 Å². The van der Waals surface area contributed by atoms with E-state index in [9.17, 15) is 9.59 Å². The van der Waals surface area contributed by atoms with Gasteiger partial charge in [0.1, 0.15) is 5.65 Å². The minimum absolute atomic E-state index is 0.349. The molecule has 7 nitrogen and oxygen atoms in total. The van der Waals surface area contributed by atoms with Crippen LogP contribution in [-0.2, 0) is 17.8 Å². The summed E-state index contributed by atoms with van der Waals surface area (Å²) in [6.07, 6.45) is 0. The highest BCUT2D eigenvalue weighted by Crippen LogP contribution is 2.07. The van der Waals surface area contributed by atoms with Crippen LogP contribution in [0.1, 0.15) is 6.92 Å². The molecule has 0 saturated carbocycles. The lowest BCUT2D eigenvalue weighted by atomic mass is 10.5. The number of imidazole rings is 1. The zero-order valence-corrected chi connectivity index (χ0v) is 11.0. The first-order valence-corrected chi connectivity index (χ1v) is 5.95. The van der Waals surface area contributed by atoms with Crippen molar-refractivity contribution in [2.45, 2.75) is 20.0 Å². The Morgan fingerprint density at radius 2 is 2.00 bits per heavy atom. The van der Waals surface area contributed by atoms with Crippen molar-refractivity contribution in [3.63, 3.8) is 0 Å². The summed E-state index contributed by atoms with van der Waals surface area (Å²) in [5.41, 5.74) is -0.0761. The van der Waals surface area contributed by atoms with Crippen molar-refractivity contribution in [3.8, 4) is 0 Å². The van der Waals surface area contributed by atoms with Crippen molar-refractivity contribution >= 4 is 23.4 Å². The first-order chi connectivity index (χ1) is 8.60. The molecule has 0 aliphatic carbocycles. The molecular weight excluding hydrogens is 256 g/mol. The predicted octanol–water partition coefficient (Wildman–Crippen LogP) is 0.215. The number of hydrogen-bond donors (Lipinski definition) is 2. The van der Waals surface area contributed by atoms with Crippen molar-refractivity contribution in [1.29, 1.82) is 0 Å². The molecule has 0 saturated heterocycles. The molecule has 0 atom stereocenters. The standard InChI is InChI=1S/C10H14N4O3S/c1-3-13-6-7(11-10(13)18)14(4-5-17-2)9(16)12-8(6)15/h3-5H2,1-2H3,(H,11,18)(H,12,15,16). The van der Waals surface area contributed by atoms with E-state index in [0.29, 0.717) is 35.6 Å². The Morgan fingerprint density at radius 3 is 2.61 bits per heavy atom. The molecule has 8 heteroatoms. The van der Waals surface area contributed by atoms with Crippen LogP contribution in [0.15, 0.2) is 9.59 Å². The van der Waals surface area contributed by atoms with Gasteiger partial charge in [0.15, 0.2) is 10.3 Å². The van der Waals surface area contributed by atoms with Crippen LogP contribution in [0, 0.1) is 4.77 Å². The van der Waals surface area contributed by atoms with Crippen molar-refractivity contribution in [3.05, 3.63) is 25.6 Å². The molecule has 2 heterocycles. The summed E-state index contributed by atoms with van der Waals surface area (Å²) in [4.78, 5) is 28.8. The minimum atomic E-state index is -0.468. The van der Waals surface area contributed by atoms with Gasteiger partial charge in [-0.2, -0.15) is 0 Å². The number of ether oxygens (including phenoxy) is 1. The van der Waals surface area contributed by atoms with Gasteiger partial charge >= 0.3 is 5.69 Å². The van der Waals surface area contributed by atoms with E-state index in [1.807, 2.05) is 6.92 Å². The van der Waals surface area contributed by atoms with E-state index in [1.54, 1.807) is 11.7 Å². The van der Waals surface area contributed by atoms with Crippen molar-refractivity contribution in [2.75, 3.05) is 13.7 Å². The van der Waals surface area contributed by atoms with E-state index < -0.39 is 11.2 Å². The topological polar surface area (TPSA) is 84.8 Å². The van der Waals surface area contributed by atoms with E-state index in [4.69, 9.17) is 17.0 Å². The van der Waals surface area contributed by atoms with Crippen LogP contribution in [0.4, 0.5) is 0 Å². The van der Waals surface area contributed by atoms with Gasteiger partial charge in [-0.05, 0) is 19.1 Å². The maximum absolute atomic E-state index is 11.8. The molecule has 2 aromatic rings. The first-order valence-electron chi connectivity index (χ1n) is 5.54. The number of rotatable bonds is 4. The highest BCUT2D eigenvalue weighted by atomic mass is 32.1. The lowest BCUT2D eigenvalue weighted by Crippen LogP contribution is -2.32. The van der Waals surface area contributed by atoms with E-state index >= 15 is 0 Å². The second-order valence-electron chi connectivity index (χ2n) is 3.78. The second-order valence-corrected chi connectivity index (χ2v) is 4.16. The predicted molar refractivity (Wildman–Crippen MR) is 69.6 cm³/mol. The molecule has 0 bridgehead atoms. The molecule has 2 N–H and O–H groups in total. The van der Waals surface area contributed by atoms with Crippen LogP contribution in [0.5, 0.6) is 0 Å². The van der Waals surface area contributed by atoms with E-state index in [2.05, 4.69) is 9.97 Å². The Bertz CT molecular complexity index is 736. The average Bonchev–Trinajstić information content (AvgIpc) is 2.66. The highest BCUT2D eigenvalue weighted by Gasteiger charge is 2.13. The van der Waals surface area contributed by atoms with Crippen molar-refractivity contribution < 1.29 is 4.74 Å². The summed E-state index contributed by atoms with van der Waals surface area (Å²) >= 11 is 5.14. The fourth-order valence-electron chi connectivity index (χ4n) is 1.91. The van der Waals surface area contributed by atoms with Crippen LogP contribution >= 0.6 is 12.2 Å². The number of methoxy groups -OCH3 is 1. The molecule has 0 spiro atoms. The molecule has 98 valence electrons. The van der Waals surface area contributed by atoms with Crippen molar-refractivity contribution in [1.82, 2.24) is 19.1 Å². The number of aromatic nitrogens is 4. The SMILES string of the molecule is CCn1c(=S)[nH]c2c1c(=O)[nH]c(=O)n2CCOC. The molecule has 0 aromatic carbocycles. The van der Waals surface area contributed by atoms with Crippen molar-refractivity contribution in [2.24, 2.45) is 0 Å². The Morgan fingerprint density at radius 1 is 1.28 bits per heavy atom. The zero-order valence-electron chi connectivity index (χ0n) is 10.1. The highest BCUT2D eigenvalue weighted by molar-refractivity contribution is 7.71. The first kappa shape index (κ1) is 12.8. The van der Waals surface area contributed by atoms with Crippen LogP contribution in [0.2, 0.25) is 0 Å². The van der Waals surface area contributed by atoms with Gasteiger partial charge in [-0.1, -0.05) is 0 Å². The molecule has 0 aliphatic rings. The smallest absolute Gasteiger partial charge is 0.330 e. The number of hydrogen-bond acceptors (Lipinski definition) is 4. The fourth-order valence-corrected chi connectivity index (χ4v) is 2.22. The molecule has 2 rings (SSSR count). The summed E-state index contributed by atoms with van der Waals surface area (Å²) in [5.74, 6) is 0. The zero-order chi connectivity index (χ0) is 13.3. The molecule has 0 radical (unpaired) electrons. The fraction of sp³-hybridized carbons (Fsp3) is 0.500. The third-order valence-electron chi connectivity index (χ3n) is 2.75. The largest absolute Gasteiger partial charge is 0.383 e. The van der Waals surface area contributed by atoms with E-state index in [1.165, 1.54) is 4.57 Å². The Kier molecular flexibility index (Phi) is 3.48. The molecular formula is C10H14N4O3S. The summed E-state index contributed by atoms with van der Waals surface area (Å²) in [7, 11) is 1.55. The van der Waals surface area contributed by atoms with E-state index in [-0.39, 0.29) is 0 Å². The van der Waals surface area contributed by atoms with E-state index in [0.717, 1.165) is 0 Å². The number of fused-ring (bicyclic) bond motifs is 1. The van der Waals surface area contributed by atoms with Gasteiger partial charge in [-0.3, -0.25) is 14.3 Å². The minimum Gasteiger partial charge on any atom is -0.383 e. The quantitative estimate of drug-likeness (QED) is 0.778. The number of nitrogens with one attached hydrogen (secondary N) is 2. The molecule has 18 heavy (non-hydrogen) atoms. The Labute approximate surface area is 107 Å². The number of aryl methyl sites for hydroxylation is 1. The van der Waals surface area contributed by atoms with Crippen LogP contribution in [0.25, 0.3) is 11.2 Å². The van der Waals surface area contributed by atoms with Gasteiger partial charge in [-0.15, -0.1) is 0 Å². The number of H-pyrrole nitrogens is 2. The van der Waals surface area contributed by atoms with Gasteiger partial charge in [0, 0.05) is 13.7 Å². The monoisotopic (exact) mass is 270 g/mol. The maximum Gasteiger partial charge on any atom is 0.330 e. The number of nitrogens with zero attached hydrogens (tertiary/aromatic N) is 2. The molecule has 0 aliphatic heterocycles. The summed E-state index contributed by atoms with van der Waals surface area (Å²) in [6.45, 7) is 3.16. The molecule has 0 amide bonds. The molecule has 0 unspecified atom stereocenters. The maximum atomic E-state index is 11.8. The Balaban J connectivity index is 2.83. The van der Waals surface area contributed by atoms with Gasteiger partial charge in [-0.25, -0.2) is 4.79 Å². The summed E-state index contributed by atoms with van der Waals surface area (Å²) < 4.78 is 8.45. The van der Waals surface area contributed by atoms with Gasteiger partial charge in [0.2, 0.25) is 0 Å². The van der Waals surface area contributed by atoms with Crippen LogP contribution < -0.4 is 11.2 Å². The lowest BCUT2D eigenvalue weighted by Gasteiger charge is -2.05. The second kappa shape index (κ2) is 4.91. The molecule has 0 fully saturated rings. The summed E-state index contributed by atoms with van der Waals surface area (Å²) in [6, 6.07) is 0. The van der Waals surface area contributed by atoms with Crippen LogP contribution in [-0.4, -0.2) is 32.8 Å². The van der Waals surface area contributed by atoms with Gasteiger partial charge in [0.05, 0.1) is 13.2 Å². The molecule has 2 aromatic heterocycles. The number of aromatic amines is 2. The third-order valence-corrected chi connectivity index (χ3v) is 3.07.